The third-order valence-corrected chi connectivity index (χ3v) is 6.30. The molecule has 0 saturated carbocycles. The van der Waals surface area contributed by atoms with Gasteiger partial charge in [0.1, 0.15) is 5.82 Å². The Labute approximate surface area is 216 Å². The molecule has 1 aromatic carbocycles. The highest BCUT2D eigenvalue weighted by Gasteiger charge is 2.16. The number of rotatable bonds is 10. The van der Waals surface area contributed by atoms with E-state index < -0.39 is 0 Å². The standard InChI is InChI=1S/C25H31N9O.ClH/c26-8-6-19(18-4-2-1-3-5-18)16-22-27-9-7-21(30-22)23-20-17-29-25(31-24(20)33-32-23)28-10-11-34-12-14-35-15-13-34;/h1-5,7,9,17,19H,6,8,10-16,26H2,(H2,28,29,31,32,33);1H. The van der Waals surface area contributed by atoms with Crippen LogP contribution in [0.25, 0.3) is 22.4 Å². The van der Waals surface area contributed by atoms with Crippen molar-refractivity contribution < 1.29 is 4.74 Å². The number of aromatic amines is 1. The number of aromatic nitrogens is 6. The Balaban J connectivity index is 0.00000304. The van der Waals surface area contributed by atoms with Gasteiger partial charge in [-0.05, 0) is 30.5 Å². The Morgan fingerprint density at radius 2 is 1.92 bits per heavy atom. The number of hydrogen-bond acceptors (Lipinski definition) is 9. The summed E-state index contributed by atoms with van der Waals surface area (Å²) in [6, 6.07) is 12.3. The summed E-state index contributed by atoms with van der Waals surface area (Å²) in [7, 11) is 0. The maximum Gasteiger partial charge on any atom is 0.224 e. The molecule has 1 atom stereocenters. The topological polar surface area (TPSA) is 131 Å². The molecule has 0 radical (unpaired) electrons. The Kier molecular flexibility index (Phi) is 9.12. The summed E-state index contributed by atoms with van der Waals surface area (Å²) in [5.41, 5.74) is 9.31. The number of H-pyrrole nitrogens is 1. The van der Waals surface area contributed by atoms with E-state index in [1.165, 1.54) is 5.56 Å². The number of ether oxygens (including phenoxy) is 1. The van der Waals surface area contributed by atoms with Crippen molar-refractivity contribution in [3.63, 3.8) is 0 Å². The van der Waals surface area contributed by atoms with E-state index in [2.05, 4.69) is 59.6 Å². The van der Waals surface area contributed by atoms with Gasteiger partial charge in [0.15, 0.2) is 5.65 Å². The summed E-state index contributed by atoms with van der Waals surface area (Å²) < 4.78 is 5.40. The number of morpholine rings is 1. The fraction of sp³-hybridized carbons (Fsp3) is 0.400. The van der Waals surface area contributed by atoms with Crippen LogP contribution in [0.5, 0.6) is 0 Å². The van der Waals surface area contributed by atoms with Gasteiger partial charge in [-0.3, -0.25) is 10.00 Å². The largest absolute Gasteiger partial charge is 0.379 e. The number of halogens is 1. The van der Waals surface area contributed by atoms with Gasteiger partial charge in [0.2, 0.25) is 5.95 Å². The predicted octanol–water partition coefficient (Wildman–Crippen LogP) is 2.65. The molecule has 0 spiro atoms. The van der Waals surface area contributed by atoms with Crippen molar-refractivity contribution >= 4 is 29.4 Å². The minimum atomic E-state index is 0. The van der Waals surface area contributed by atoms with Crippen LogP contribution in [0.2, 0.25) is 0 Å². The van der Waals surface area contributed by atoms with Gasteiger partial charge >= 0.3 is 0 Å². The SMILES string of the molecule is Cl.NCCC(Cc1nccc(-c2[nH]nc3nc(NCCN4CCOCC4)ncc23)n1)c1ccccc1. The minimum Gasteiger partial charge on any atom is -0.379 e. The van der Waals surface area contributed by atoms with E-state index in [0.29, 0.717) is 18.1 Å². The van der Waals surface area contributed by atoms with Crippen LogP contribution in [0, 0.1) is 0 Å². The fourth-order valence-corrected chi connectivity index (χ4v) is 4.40. The highest BCUT2D eigenvalue weighted by molar-refractivity contribution is 5.89. The number of nitrogens with one attached hydrogen (secondary N) is 2. The molecule has 4 N–H and O–H groups in total. The van der Waals surface area contributed by atoms with E-state index >= 15 is 0 Å². The van der Waals surface area contributed by atoms with E-state index in [0.717, 1.165) is 74.8 Å². The number of fused-ring (bicyclic) bond motifs is 1. The van der Waals surface area contributed by atoms with Crippen LogP contribution in [-0.4, -0.2) is 81.0 Å². The van der Waals surface area contributed by atoms with Crippen LogP contribution in [0.15, 0.2) is 48.8 Å². The molecule has 1 fully saturated rings. The van der Waals surface area contributed by atoms with Crippen molar-refractivity contribution in [3.8, 4) is 11.4 Å². The molecular formula is C25H32ClN9O. The third kappa shape index (κ3) is 6.33. The highest BCUT2D eigenvalue weighted by atomic mass is 35.5. The van der Waals surface area contributed by atoms with Crippen molar-refractivity contribution in [2.45, 2.75) is 18.8 Å². The van der Waals surface area contributed by atoms with E-state index in [9.17, 15) is 0 Å². The monoisotopic (exact) mass is 509 g/mol. The van der Waals surface area contributed by atoms with Gasteiger partial charge < -0.3 is 15.8 Å². The Hall–Kier alpha value is -3.18. The second-order valence-electron chi connectivity index (χ2n) is 8.66. The third-order valence-electron chi connectivity index (χ3n) is 6.30. The lowest BCUT2D eigenvalue weighted by Gasteiger charge is -2.26. The van der Waals surface area contributed by atoms with Gasteiger partial charge in [0, 0.05) is 45.0 Å². The summed E-state index contributed by atoms with van der Waals surface area (Å²) in [6.45, 7) is 5.82. The second kappa shape index (κ2) is 12.7. The van der Waals surface area contributed by atoms with Gasteiger partial charge in [0.05, 0.1) is 30.0 Å². The summed E-state index contributed by atoms with van der Waals surface area (Å²) in [5.74, 6) is 1.61. The number of nitrogens with two attached hydrogens (primary N) is 1. The van der Waals surface area contributed by atoms with Crippen molar-refractivity contribution in [3.05, 3.63) is 60.2 Å². The molecule has 1 unspecified atom stereocenters. The number of hydrogen-bond donors (Lipinski definition) is 3. The number of anilines is 1. The zero-order chi connectivity index (χ0) is 23.9. The smallest absolute Gasteiger partial charge is 0.224 e. The van der Waals surface area contributed by atoms with Crippen LogP contribution in [0.1, 0.15) is 23.7 Å². The van der Waals surface area contributed by atoms with E-state index in [1.807, 2.05) is 12.1 Å². The van der Waals surface area contributed by atoms with Crippen molar-refractivity contribution in [2.75, 3.05) is 51.3 Å². The zero-order valence-corrected chi connectivity index (χ0v) is 21.0. The first-order valence-corrected chi connectivity index (χ1v) is 12.1. The van der Waals surface area contributed by atoms with Gasteiger partial charge in [-0.1, -0.05) is 30.3 Å². The van der Waals surface area contributed by atoms with Crippen LogP contribution in [0.3, 0.4) is 0 Å². The predicted molar refractivity (Wildman–Crippen MR) is 142 cm³/mol. The summed E-state index contributed by atoms with van der Waals surface area (Å²) in [5, 5.41) is 11.6. The van der Waals surface area contributed by atoms with Crippen molar-refractivity contribution in [1.82, 2.24) is 35.0 Å². The van der Waals surface area contributed by atoms with Crippen LogP contribution in [0.4, 0.5) is 5.95 Å². The molecule has 3 aromatic heterocycles. The Morgan fingerprint density at radius 3 is 2.72 bits per heavy atom. The highest BCUT2D eigenvalue weighted by Crippen LogP contribution is 2.26. The molecule has 0 aliphatic carbocycles. The van der Waals surface area contributed by atoms with Crippen molar-refractivity contribution in [1.29, 1.82) is 0 Å². The number of nitrogens with zero attached hydrogens (tertiary/aromatic N) is 6. The molecule has 5 rings (SSSR count). The summed E-state index contributed by atoms with van der Waals surface area (Å²) >= 11 is 0. The quantitative estimate of drug-likeness (QED) is 0.295. The molecule has 1 aliphatic rings. The van der Waals surface area contributed by atoms with E-state index in [-0.39, 0.29) is 18.3 Å². The van der Waals surface area contributed by atoms with Gasteiger partial charge in [0.25, 0.3) is 0 Å². The lowest BCUT2D eigenvalue weighted by Crippen LogP contribution is -2.39. The maximum absolute atomic E-state index is 5.89. The Morgan fingerprint density at radius 1 is 1.08 bits per heavy atom. The molecular weight excluding hydrogens is 478 g/mol. The average Bonchev–Trinajstić information content (AvgIpc) is 3.33. The lowest BCUT2D eigenvalue weighted by atomic mass is 9.92. The molecule has 190 valence electrons. The summed E-state index contributed by atoms with van der Waals surface area (Å²) in [4.78, 5) is 20.8. The van der Waals surface area contributed by atoms with Crippen LogP contribution in [-0.2, 0) is 11.2 Å². The van der Waals surface area contributed by atoms with Crippen LogP contribution < -0.4 is 11.1 Å². The molecule has 0 amide bonds. The first-order valence-electron chi connectivity index (χ1n) is 12.1. The molecule has 10 nitrogen and oxygen atoms in total. The number of benzene rings is 1. The van der Waals surface area contributed by atoms with Gasteiger partial charge in [-0.15, -0.1) is 12.4 Å². The van der Waals surface area contributed by atoms with Gasteiger partial charge in [-0.25, -0.2) is 15.0 Å². The molecule has 36 heavy (non-hydrogen) atoms. The maximum atomic E-state index is 5.89. The average molecular weight is 510 g/mol. The minimum absolute atomic E-state index is 0. The first-order chi connectivity index (χ1) is 17.3. The first kappa shape index (κ1) is 25.9. The van der Waals surface area contributed by atoms with Crippen molar-refractivity contribution in [2.24, 2.45) is 5.73 Å². The van der Waals surface area contributed by atoms with E-state index in [4.69, 9.17) is 15.5 Å². The summed E-state index contributed by atoms with van der Waals surface area (Å²) in [6.07, 6.45) is 5.17. The molecule has 1 aliphatic heterocycles. The second-order valence-corrected chi connectivity index (χ2v) is 8.66. The molecule has 11 heteroatoms. The lowest BCUT2D eigenvalue weighted by molar-refractivity contribution is 0.0398. The fourth-order valence-electron chi connectivity index (χ4n) is 4.40. The molecule has 4 aromatic rings. The zero-order valence-electron chi connectivity index (χ0n) is 20.1. The Bertz CT molecular complexity index is 1230. The molecule has 4 heterocycles. The van der Waals surface area contributed by atoms with Crippen LogP contribution >= 0.6 is 12.4 Å². The van der Waals surface area contributed by atoms with E-state index in [1.54, 1.807) is 12.4 Å². The molecule has 1 saturated heterocycles. The van der Waals surface area contributed by atoms with Gasteiger partial charge in [-0.2, -0.15) is 10.1 Å². The normalized spacial score (nSPS) is 14.9. The molecule has 0 bridgehead atoms.